The molecular formula is C22H15ClN6O2S2. The van der Waals surface area contributed by atoms with Crippen LogP contribution in [0.2, 0.25) is 5.02 Å². The van der Waals surface area contributed by atoms with Crippen molar-refractivity contribution in [3.63, 3.8) is 0 Å². The first kappa shape index (κ1) is 21.3. The number of amides is 1. The van der Waals surface area contributed by atoms with Crippen molar-refractivity contribution in [3.05, 3.63) is 77.3 Å². The molecule has 0 atom stereocenters. The smallest absolute Gasteiger partial charge is 0.293 e. The van der Waals surface area contributed by atoms with Crippen LogP contribution < -0.4 is 10.6 Å². The van der Waals surface area contributed by atoms with Crippen LogP contribution in [0.3, 0.4) is 0 Å². The average molecular weight is 495 g/mol. The Labute approximate surface area is 202 Å². The maximum absolute atomic E-state index is 12.5. The van der Waals surface area contributed by atoms with Crippen molar-refractivity contribution in [2.24, 2.45) is 0 Å². The summed E-state index contributed by atoms with van der Waals surface area (Å²) in [4.78, 5) is 13.2. The Bertz CT molecular complexity index is 1490. The number of carbonyl (C=O) groups is 1. The van der Waals surface area contributed by atoms with Gasteiger partial charge in [-0.3, -0.25) is 10.1 Å². The largest absolute Gasteiger partial charge is 0.451 e. The van der Waals surface area contributed by atoms with Crippen molar-refractivity contribution in [2.75, 3.05) is 5.32 Å². The van der Waals surface area contributed by atoms with Crippen LogP contribution >= 0.6 is 35.2 Å². The van der Waals surface area contributed by atoms with Crippen molar-refractivity contribution in [1.29, 1.82) is 0 Å². The Hall–Kier alpha value is -3.60. The number of fused-ring (bicyclic) bond motifs is 1. The van der Waals surface area contributed by atoms with E-state index in [0.717, 1.165) is 32.6 Å². The number of nitrogens with one attached hydrogen (secondary N) is 2. The van der Waals surface area contributed by atoms with Crippen LogP contribution in [0, 0.1) is 6.92 Å². The molecule has 11 heteroatoms. The lowest BCUT2D eigenvalue weighted by Gasteiger charge is -2.09. The van der Waals surface area contributed by atoms with Crippen LogP contribution in [0.25, 0.3) is 26.9 Å². The zero-order chi connectivity index (χ0) is 22.9. The normalized spacial score (nSPS) is 11.0. The maximum Gasteiger partial charge on any atom is 0.293 e. The Balaban J connectivity index is 1.22. The topological polar surface area (TPSA) is 97.3 Å². The predicted molar refractivity (Wildman–Crippen MR) is 132 cm³/mol. The van der Waals surface area contributed by atoms with E-state index in [1.165, 1.54) is 11.3 Å². The second-order valence-electron chi connectivity index (χ2n) is 7.01. The van der Waals surface area contributed by atoms with Gasteiger partial charge in [0.25, 0.3) is 5.91 Å². The second kappa shape index (κ2) is 8.74. The molecular weight excluding hydrogens is 480 g/mol. The molecule has 0 spiro atoms. The molecule has 5 rings (SSSR count). The molecule has 0 saturated heterocycles. The molecule has 164 valence electrons. The van der Waals surface area contributed by atoms with Crippen LogP contribution in [0.4, 0.5) is 5.69 Å². The number of furan rings is 1. The third-order valence-electron chi connectivity index (χ3n) is 4.70. The minimum Gasteiger partial charge on any atom is -0.451 e. The quantitative estimate of drug-likeness (QED) is 0.331. The van der Waals surface area contributed by atoms with Crippen LogP contribution in [-0.4, -0.2) is 30.8 Å². The zero-order valence-corrected chi connectivity index (χ0v) is 19.5. The molecule has 0 fully saturated rings. The molecule has 0 aliphatic rings. The van der Waals surface area contributed by atoms with Gasteiger partial charge in [0.15, 0.2) is 16.7 Å². The number of hydrogen-bond acceptors (Lipinski definition) is 7. The van der Waals surface area contributed by atoms with E-state index in [1.54, 1.807) is 28.8 Å². The van der Waals surface area contributed by atoms with Gasteiger partial charge in [-0.15, -0.1) is 10.2 Å². The number of benzene rings is 2. The summed E-state index contributed by atoms with van der Waals surface area (Å²) in [6, 6.07) is 18.0. The first-order chi connectivity index (χ1) is 16.0. The van der Waals surface area contributed by atoms with Gasteiger partial charge >= 0.3 is 0 Å². The highest BCUT2D eigenvalue weighted by molar-refractivity contribution is 7.80. The Kier molecular flexibility index (Phi) is 5.63. The zero-order valence-electron chi connectivity index (χ0n) is 17.1. The van der Waals surface area contributed by atoms with E-state index in [4.69, 9.17) is 28.2 Å². The van der Waals surface area contributed by atoms with Gasteiger partial charge in [-0.05, 0) is 67.7 Å². The third kappa shape index (κ3) is 4.49. The van der Waals surface area contributed by atoms with Gasteiger partial charge in [0.2, 0.25) is 4.96 Å². The summed E-state index contributed by atoms with van der Waals surface area (Å²) in [5, 5.41) is 19.8. The summed E-state index contributed by atoms with van der Waals surface area (Å²) in [5.41, 5.74) is 2.44. The molecule has 8 nitrogen and oxygen atoms in total. The number of aryl methyl sites for hydroxylation is 1. The minimum absolute atomic E-state index is 0.142. The van der Waals surface area contributed by atoms with Crippen LogP contribution in [-0.2, 0) is 0 Å². The lowest BCUT2D eigenvalue weighted by atomic mass is 10.2. The number of nitrogens with zero attached hydrogens (tertiary/aromatic N) is 4. The molecule has 3 heterocycles. The Morgan fingerprint density at radius 1 is 1.09 bits per heavy atom. The van der Waals surface area contributed by atoms with Crippen LogP contribution in [0.1, 0.15) is 16.4 Å². The number of rotatable bonds is 4. The van der Waals surface area contributed by atoms with Gasteiger partial charge in [-0.25, -0.2) is 0 Å². The maximum atomic E-state index is 12.5. The van der Waals surface area contributed by atoms with Gasteiger partial charge < -0.3 is 9.73 Å². The van der Waals surface area contributed by atoms with Gasteiger partial charge in [0.05, 0.1) is 0 Å². The fourth-order valence-corrected chi connectivity index (χ4v) is 4.40. The van der Waals surface area contributed by atoms with Crippen LogP contribution in [0.5, 0.6) is 0 Å². The summed E-state index contributed by atoms with van der Waals surface area (Å²) >= 11 is 12.7. The highest BCUT2D eigenvalue weighted by Gasteiger charge is 2.15. The third-order valence-corrected chi connectivity index (χ3v) is 6.09. The Morgan fingerprint density at radius 3 is 2.67 bits per heavy atom. The molecule has 5 aromatic rings. The summed E-state index contributed by atoms with van der Waals surface area (Å²) in [7, 11) is 0. The van der Waals surface area contributed by atoms with Crippen molar-refractivity contribution in [1.82, 2.24) is 25.1 Å². The molecule has 0 aliphatic carbocycles. The van der Waals surface area contributed by atoms with E-state index in [-0.39, 0.29) is 10.9 Å². The highest BCUT2D eigenvalue weighted by Crippen LogP contribution is 2.27. The Morgan fingerprint density at radius 2 is 1.91 bits per heavy atom. The predicted octanol–water partition coefficient (Wildman–Crippen LogP) is 5.20. The molecule has 0 radical (unpaired) electrons. The van der Waals surface area contributed by atoms with E-state index in [2.05, 4.69) is 25.9 Å². The summed E-state index contributed by atoms with van der Waals surface area (Å²) in [6.45, 7) is 1.85. The van der Waals surface area contributed by atoms with E-state index in [0.29, 0.717) is 10.8 Å². The second-order valence-corrected chi connectivity index (χ2v) is 8.81. The average Bonchev–Trinajstić information content (AvgIpc) is 3.52. The van der Waals surface area contributed by atoms with E-state index in [9.17, 15) is 4.79 Å². The first-order valence-electron chi connectivity index (χ1n) is 9.74. The number of aromatic nitrogens is 4. The van der Waals surface area contributed by atoms with E-state index >= 15 is 0 Å². The van der Waals surface area contributed by atoms with Gasteiger partial charge in [-0.1, -0.05) is 35.1 Å². The number of hydrogen-bond donors (Lipinski definition) is 2. The minimum atomic E-state index is -0.451. The summed E-state index contributed by atoms with van der Waals surface area (Å²) in [6.07, 6.45) is 0. The van der Waals surface area contributed by atoms with E-state index < -0.39 is 5.91 Å². The van der Waals surface area contributed by atoms with Crippen molar-refractivity contribution >= 4 is 56.8 Å². The standard InChI is InChI=1S/C22H15ClN6O2S2/c1-12-26-27-22-29(12)28-20(33-22)13-5-7-16(8-6-13)24-21(32)25-19(30)18-10-9-17(31-18)14-3-2-4-15(23)11-14/h2-11H,1H3,(H2,24,25,30,32). The summed E-state index contributed by atoms with van der Waals surface area (Å²) in [5.74, 6) is 0.969. The lowest BCUT2D eigenvalue weighted by molar-refractivity contribution is 0.0951. The number of halogens is 1. The van der Waals surface area contributed by atoms with Gasteiger partial charge in [0, 0.05) is 21.8 Å². The number of anilines is 1. The van der Waals surface area contributed by atoms with Crippen molar-refractivity contribution in [2.45, 2.75) is 6.92 Å². The molecule has 33 heavy (non-hydrogen) atoms. The number of carbonyl (C=O) groups excluding carboxylic acids is 1. The van der Waals surface area contributed by atoms with Gasteiger partial charge in [-0.2, -0.15) is 9.61 Å². The fraction of sp³-hybridized carbons (Fsp3) is 0.0455. The first-order valence-corrected chi connectivity index (χ1v) is 11.3. The monoisotopic (exact) mass is 494 g/mol. The molecule has 2 aromatic carbocycles. The van der Waals surface area contributed by atoms with Crippen LogP contribution in [0.15, 0.2) is 65.1 Å². The molecule has 2 N–H and O–H groups in total. The fourth-order valence-electron chi connectivity index (χ4n) is 3.11. The van der Waals surface area contributed by atoms with Gasteiger partial charge in [0.1, 0.15) is 10.8 Å². The molecule has 0 unspecified atom stereocenters. The SMILES string of the molecule is Cc1nnc2sc(-c3ccc(NC(=S)NC(=O)c4ccc(-c5cccc(Cl)c5)o4)cc3)nn12. The molecule has 0 bridgehead atoms. The van der Waals surface area contributed by atoms with Crippen molar-refractivity contribution < 1.29 is 9.21 Å². The van der Waals surface area contributed by atoms with E-state index in [1.807, 2.05) is 43.3 Å². The van der Waals surface area contributed by atoms with Crippen molar-refractivity contribution in [3.8, 4) is 21.9 Å². The molecule has 0 aliphatic heterocycles. The highest BCUT2D eigenvalue weighted by atomic mass is 35.5. The summed E-state index contributed by atoms with van der Waals surface area (Å²) < 4.78 is 7.37. The lowest BCUT2D eigenvalue weighted by Crippen LogP contribution is -2.33. The molecule has 0 saturated carbocycles. The molecule has 3 aromatic heterocycles. The number of thiocarbonyl (C=S) groups is 1. The molecule has 1 amide bonds.